The molecule has 0 fully saturated rings. The van der Waals surface area contributed by atoms with Gasteiger partial charge in [-0.1, -0.05) is 0 Å². The lowest BCUT2D eigenvalue weighted by molar-refractivity contribution is 0.415. The fourth-order valence-corrected chi connectivity index (χ4v) is 2.98. The highest BCUT2D eigenvalue weighted by Gasteiger charge is 2.01. The number of hydrogen-bond donors (Lipinski definition) is 0. The van der Waals surface area contributed by atoms with Crippen LogP contribution in [0.4, 0.5) is 0 Å². The quantitative estimate of drug-likeness (QED) is 0.730. The molecule has 1 aromatic carbocycles. The molecule has 0 aliphatic heterocycles. The van der Waals surface area contributed by atoms with Gasteiger partial charge in [0.05, 0.1) is 7.11 Å². The normalized spacial score (nSPS) is 10.5. The zero-order chi connectivity index (χ0) is 8.55. The van der Waals surface area contributed by atoms with Gasteiger partial charge in [0.15, 0.2) is 0 Å². The van der Waals surface area contributed by atoms with E-state index in [4.69, 9.17) is 4.74 Å². The first kappa shape index (κ1) is 8.31. The van der Waals surface area contributed by atoms with E-state index in [2.05, 4.69) is 40.1 Å². The molecular weight excluding hydrogens is 283 g/mol. The number of rotatable bonds is 1. The number of halogens is 1. The minimum absolute atomic E-state index is 0.931. The second-order valence-corrected chi connectivity index (χ2v) is 4.52. The topological polar surface area (TPSA) is 9.23 Å². The van der Waals surface area contributed by atoms with E-state index in [1.165, 1.54) is 13.7 Å². The van der Waals surface area contributed by atoms with Crippen molar-refractivity contribution in [2.45, 2.75) is 0 Å². The third-order valence-electron chi connectivity index (χ3n) is 1.74. The molecule has 0 saturated heterocycles. The molecule has 62 valence electrons. The second kappa shape index (κ2) is 3.22. The van der Waals surface area contributed by atoms with Crippen molar-refractivity contribution < 1.29 is 4.74 Å². The van der Waals surface area contributed by atoms with Crippen molar-refractivity contribution in [2.75, 3.05) is 7.11 Å². The standard InChI is InChI=1S/C9H7IOS/c1-11-6-2-3-7-8(10)5-12-9(7)4-6/h2-5H,1H3. The van der Waals surface area contributed by atoms with Crippen molar-refractivity contribution in [3.63, 3.8) is 0 Å². The Morgan fingerprint density at radius 2 is 2.25 bits per heavy atom. The molecule has 3 heteroatoms. The first-order valence-corrected chi connectivity index (χ1v) is 5.48. The Morgan fingerprint density at radius 1 is 1.42 bits per heavy atom. The molecule has 2 rings (SSSR count). The van der Waals surface area contributed by atoms with Crippen LogP contribution in [0, 0.1) is 3.57 Å². The molecule has 0 N–H and O–H groups in total. The highest BCUT2D eigenvalue weighted by Crippen LogP contribution is 2.29. The van der Waals surface area contributed by atoms with Gasteiger partial charge >= 0.3 is 0 Å². The molecule has 0 saturated carbocycles. The van der Waals surface area contributed by atoms with E-state index in [9.17, 15) is 0 Å². The molecular formula is C9H7IOS. The molecule has 0 radical (unpaired) electrons. The molecule has 2 aromatic rings. The molecule has 0 unspecified atom stereocenters. The van der Waals surface area contributed by atoms with Crippen LogP contribution in [-0.4, -0.2) is 7.11 Å². The van der Waals surface area contributed by atoms with Crippen LogP contribution in [0.1, 0.15) is 0 Å². The highest BCUT2D eigenvalue weighted by atomic mass is 127. The van der Waals surface area contributed by atoms with Gasteiger partial charge in [-0.05, 0) is 40.8 Å². The molecule has 1 heterocycles. The van der Waals surface area contributed by atoms with Crippen LogP contribution in [0.25, 0.3) is 10.1 Å². The lowest BCUT2D eigenvalue weighted by Crippen LogP contribution is -1.80. The number of benzene rings is 1. The van der Waals surface area contributed by atoms with E-state index in [1.54, 1.807) is 18.4 Å². The Morgan fingerprint density at radius 3 is 3.00 bits per heavy atom. The van der Waals surface area contributed by atoms with Crippen molar-refractivity contribution in [1.29, 1.82) is 0 Å². The van der Waals surface area contributed by atoms with Gasteiger partial charge in [0.25, 0.3) is 0 Å². The minimum atomic E-state index is 0.931. The molecule has 0 aliphatic carbocycles. The van der Waals surface area contributed by atoms with Crippen LogP contribution < -0.4 is 4.74 Å². The van der Waals surface area contributed by atoms with E-state index in [1.807, 2.05) is 6.07 Å². The second-order valence-electron chi connectivity index (χ2n) is 2.45. The Balaban J connectivity index is 2.69. The van der Waals surface area contributed by atoms with Crippen molar-refractivity contribution in [3.8, 4) is 5.75 Å². The van der Waals surface area contributed by atoms with Gasteiger partial charge in [0.2, 0.25) is 0 Å². The van der Waals surface area contributed by atoms with Gasteiger partial charge in [-0.3, -0.25) is 0 Å². The fraction of sp³-hybridized carbons (Fsp3) is 0.111. The molecule has 0 atom stereocenters. The van der Waals surface area contributed by atoms with Gasteiger partial charge in [-0.15, -0.1) is 11.3 Å². The maximum absolute atomic E-state index is 5.14. The van der Waals surface area contributed by atoms with Crippen LogP contribution in [0.15, 0.2) is 23.6 Å². The summed E-state index contributed by atoms with van der Waals surface area (Å²) in [6, 6.07) is 6.17. The Bertz CT molecular complexity index is 408. The summed E-state index contributed by atoms with van der Waals surface area (Å²) in [6.07, 6.45) is 0. The Kier molecular flexibility index (Phi) is 2.23. The summed E-state index contributed by atoms with van der Waals surface area (Å²) in [5.41, 5.74) is 0. The average molecular weight is 290 g/mol. The van der Waals surface area contributed by atoms with Gasteiger partial charge in [0.1, 0.15) is 5.75 Å². The van der Waals surface area contributed by atoms with Crippen LogP contribution in [-0.2, 0) is 0 Å². The summed E-state index contributed by atoms with van der Waals surface area (Å²) in [7, 11) is 1.69. The smallest absolute Gasteiger partial charge is 0.120 e. The Hall–Kier alpha value is -0.290. The zero-order valence-electron chi connectivity index (χ0n) is 6.50. The van der Waals surface area contributed by atoms with Crippen LogP contribution in [0.3, 0.4) is 0 Å². The maximum Gasteiger partial charge on any atom is 0.120 e. The summed E-state index contributed by atoms with van der Waals surface area (Å²) < 4.78 is 7.74. The summed E-state index contributed by atoms with van der Waals surface area (Å²) in [5.74, 6) is 0.931. The first-order chi connectivity index (χ1) is 5.81. The van der Waals surface area contributed by atoms with E-state index < -0.39 is 0 Å². The van der Waals surface area contributed by atoms with Crippen molar-refractivity contribution in [1.82, 2.24) is 0 Å². The minimum Gasteiger partial charge on any atom is -0.497 e. The molecule has 0 bridgehead atoms. The van der Waals surface area contributed by atoms with Gasteiger partial charge < -0.3 is 4.74 Å². The molecule has 0 aliphatic rings. The van der Waals surface area contributed by atoms with E-state index in [0.29, 0.717) is 0 Å². The predicted octanol–water partition coefficient (Wildman–Crippen LogP) is 3.51. The number of ether oxygens (including phenoxy) is 1. The molecule has 0 spiro atoms. The van der Waals surface area contributed by atoms with Crippen molar-refractivity contribution >= 4 is 44.0 Å². The van der Waals surface area contributed by atoms with Gasteiger partial charge in [0, 0.05) is 19.0 Å². The van der Waals surface area contributed by atoms with E-state index in [-0.39, 0.29) is 0 Å². The third-order valence-corrected chi connectivity index (χ3v) is 4.00. The van der Waals surface area contributed by atoms with Crippen molar-refractivity contribution in [2.24, 2.45) is 0 Å². The van der Waals surface area contributed by atoms with E-state index >= 15 is 0 Å². The fourth-order valence-electron chi connectivity index (χ4n) is 1.10. The largest absolute Gasteiger partial charge is 0.497 e. The van der Waals surface area contributed by atoms with Gasteiger partial charge in [-0.2, -0.15) is 0 Å². The molecule has 1 nitrogen and oxygen atoms in total. The summed E-state index contributed by atoms with van der Waals surface area (Å²) in [4.78, 5) is 0. The lowest BCUT2D eigenvalue weighted by Gasteiger charge is -1.97. The lowest BCUT2D eigenvalue weighted by atomic mass is 10.2. The average Bonchev–Trinajstić information content (AvgIpc) is 2.47. The van der Waals surface area contributed by atoms with Crippen LogP contribution in [0.5, 0.6) is 5.75 Å². The van der Waals surface area contributed by atoms with Gasteiger partial charge in [-0.25, -0.2) is 0 Å². The summed E-state index contributed by atoms with van der Waals surface area (Å²) in [5, 5.41) is 3.48. The molecule has 1 aromatic heterocycles. The molecule has 0 amide bonds. The number of fused-ring (bicyclic) bond motifs is 1. The zero-order valence-corrected chi connectivity index (χ0v) is 9.48. The summed E-state index contributed by atoms with van der Waals surface area (Å²) >= 11 is 4.10. The maximum atomic E-state index is 5.14. The Labute approximate surface area is 88.5 Å². The monoisotopic (exact) mass is 290 g/mol. The predicted molar refractivity (Wildman–Crippen MR) is 61.1 cm³/mol. The number of methoxy groups -OCH3 is 1. The van der Waals surface area contributed by atoms with Crippen LogP contribution >= 0.6 is 33.9 Å². The highest BCUT2D eigenvalue weighted by molar-refractivity contribution is 14.1. The number of thiophene rings is 1. The first-order valence-electron chi connectivity index (χ1n) is 3.52. The third kappa shape index (κ3) is 1.31. The van der Waals surface area contributed by atoms with Crippen LogP contribution in [0.2, 0.25) is 0 Å². The summed E-state index contributed by atoms with van der Waals surface area (Å²) in [6.45, 7) is 0. The van der Waals surface area contributed by atoms with E-state index in [0.717, 1.165) is 5.75 Å². The number of hydrogen-bond acceptors (Lipinski definition) is 2. The SMILES string of the molecule is COc1ccc2c(I)csc2c1. The molecule has 12 heavy (non-hydrogen) atoms. The van der Waals surface area contributed by atoms with Crippen molar-refractivity contribution in [3.05, 3.63) is 27.1 Å².